The molecular formula is C41H25N3O. The smallest absolute Gasteiger partial charge is 0.164 e. The summed E-state index contributed by atoms with van der Waals surface area (Å²) in [5.41, 5.74) is 6.79. The van der Waals surface area contributed by atoms with E-state index in [1.54, 1.807) is 0 Å². The number of furan rings is 1. The molecule has 0 N–H and O–H groups in total. The fourth-order valence-corrected chi connectivity index (χ4v) is 6.47. The van der Waals surface area contributed by atoms with Gasteiger partial charge in [-0.3, -0.25) is 0 Å². The van der Waals surface area contributed by atoms with E-state index < -0.39 is 0 Å². The first-order chi connectivity index (χ1) is 22.3. The molecule has 2 aromatic heterocycles. The van der Waals surface area contributed by atoms with Gasteiger partial charge in [0.15, 0.2) is 17.5 Å². The van der Waals surface area contributed by atoms with Crippen molar-refractivity contribution in [1.82, 2.24) is 15.0 Å². The van der Waals surface area contributed by atoms with Crippen LogP contribution in [-0.4, -0.2) is 15.0 Å². The highest BCUT2D eigenvalue weighted by Gasteiger charge is 2.20. The van der Waals surface area contributed by atoms with Crippen LogP contribution >= 0.6 is 0 Å². The molecule has 0 fully saturated rings. The Hall–Kier alpha value is -6.13. The zero-order valence-electron chi connectivity index (χ0n) is 24.2. The molecule has 4 heteroatoms. The number of hydrogen-bond donors (Lipinski definition) is 0. The van der Waals surface area contributed by atoms with E-state index in [2.05, 4.69) is 78.9 Å². The molecule has 0 unspecified atom stereocenters. The standard InChI is InChI=1S/C41H25N3O/c1-3-13-26(14-4-1)39-42-40(27-15-5-2-6-16-27)44-41(43-39)32-20-10-9-19-30(32)34-25-28-17-7-8-18-29(28)37-31(34)23-24-36-38(37)33-21-11-12-22-35(33)45-36/h1-25H. The maximum atomic E-state index is 6.33. The SMILES string of the molecule is c1ccc(-c2nc(-c3ccccc3)nc(-c3ccccc3-c3cc4ccccc4c4c3ccc3oc5ccccc5c34)n2)cc1. The van der Waals surface area contributed by atoms with E-state index >= 15 is 0 Å². The third-order valence-corrected chi connectivity index (χ3v) is 8.52. The first-order valence-electron chi connectivity index (χ1n) is 15.0. The second-order valence-electron chi connectivity index (χ2n) is 11.2. The van der Waals surface area contributed by atoms with Crippen molar-refractivity contribution in [3.63, 3.8) is 0 Å². The molecule has 0 radical (unpaired) electrons. The van der Waals surface area contributed by atoms with E-state index in [1.165, 1.54) is 10.8 Å². The Morgan fingerprint density at radius 2 is 0.933 bits per heavy atom. The number of rotatable bonds is 4. The maximum Gasteiger partial charge on any atom is 0.164 e. The summed E-state index contributed by atoms with van der Waals surface area (Å²) in [5, 5.41) is 6.96. The van der Waals surface area contributed by atoms with Crippen molar-refractivity contribution in [2.24, 2.45) is 0 Å². The summed E-state index contributed by atoms with van der Waals surface area (Å²) < 4.78 is 6.33. The van der Waals surface area contributed by atoms with Crippen molar-refractivity contribution in [3.05, 3.63) is 152 Å². The van der Waals surface area contributed by atoms with Gasteiger partial charge in [0.2, 0.25) is 0 Å². The molecule has 0 saturated carbocycles. The van der Waals surface area contributed by atoms with Crippen molar-refractivity contribution in [2.45, 2.75) is 0 Å². The van der Waals surface area contributed by atoms with Gasteiger partial charge in [-0.25, -0.2) is 15.0 Å². The lowest BCUT2D eigenvalue weighted by Gasteiger charge is -2.16. The molecular weight excluding hydrogens is 550 g/mol. The number of fused-ring (bicyclic) bond motifs is 7. The number of para-hydroxylation sites is 1. The van der Waals surface area contributed by atoms with Crippen LogP contribution in [0.5, 0.6) is 0 Å². The highest BCUT2D eigenvalue weighted by atomic mass is 16.3. The molecule has 0 aliphatic heterocycles. The van der Waals surface area contributed by atoms with E-state index in [0.717, 1.165) is 60.5 Å². The molecule has 9 aromatic rings. The second kappa shape index (κ2) is 10.2. The first kappa shape index (κ1) is 25.4. The van der Waals surface area contributed by atoms with Crippen molar-refractivity contribution in [1.29, 1.82) is 0 Å². The minimum Gasteiger partial charge on any atom is -0.456 e. The number of aromatic nitrogens is 3. The van der Waals surface area contributed by atoms with E-state index in [9.17, 15) is 0 Å². The normalized spacial score (nSPS) is 11.6. The van der Waals surface area contributed by atoms with Crippen LogP contribution < -0.4 is 0 Å². The molecule has 7 aromatic carbocycles. The quantitative estimate of drug-likeness (QED) is 0.196. The summed E-state index contributed by atoms with van der Waals surface area (Å²) in [7, 11) is 0. The molecule has 0 bridgehead atoms. The minimum atomic E-state index is 0.634. The Labute approximate surface area is 259 Å². The lowest BCUT2D eigenvalue weighted by molar-refractivity contribution is 0.669. The number of nitrogens with zero attached hydrogens (tertiary/aromatic N) is 3. The van der Waals surface area contributed by atoms with Crippen LogP contribution in [0, 0.1) is 0 Å². The molecule has 9 rings (SSSR count). The lowest BCUT2D eigenvalue weighted by atomic mass is 9.89. The molecule has 2 heterocycles. The van der Waals surface area contributed by atoms with Gasteiger partial charge in [0, 0.05) is 32.8 Å². The maximum absolute atomic E-state index is 6.33. The zero-order chi connectivity index (χ0) is 29.7. The monoisotopic (exact) mass is 575 g/mol. The Bertz CT molecular complexity index is 2480. The van der Waals surface area contributed by atoms with Crippen molar-refractivity contribution in [2.75, 3.05) is 0 Å². The summed E-state index contributed by atoms with van der Waals surface area (Å²) in [6, 6.07) is 52.1. The summed E-state index contributed by atoms with van der Waals surface area (Å²) in [5.74, 6) is 1.92. The molecule has 45 heavy (non-hydrogen) atoms. The Morgan fingerprint density at radius 3 is 1.67 bits per heavy atom. The Kier molecular flexibility index (Phi) is 5.78. The number of hydrogen-bond acceptors (Lipinski definition) is 4. The first-order valence-corrected chi connectivity index (χ1v) is 15.0. The van der Waals surface area contributed by atoms with Gasteiger partial charge in [0.1, 0.15) is 11.2 Å². The Morgan fingerprint density at radius 1 is 0.356 bits per heavy atom. The molecule has 210 valence electrons. The summed E-state index contributed by atoms with van der Waals surface area (Å²) in [4.78, 5) is 15.1. The van der Waals surface area contributed by atoms with Crippen molar-refractivity contribution < 1.29 is 4.42 Å². The molecule has 0 amide bonds. The van der Waals surface area contributed by atoms with Crippen LogP contribution in [0.2, 0.25) is 0 Å². The average Bonchev–Trinajstić information content (AvgIpc) is 3.51. The fourth-order valence-electron chi connectivity index (χ4n) is 6.47. The third kappa shape index (κ3) is 4.19. The number of benzene rings is 7. The molecule has 0 saturated heterocycles. The Balaban J connectivity index is 1.35. The minimum absolute atomic E-state index is 0.634. The van der Waals surface area contributed by atoms with Crippen molar-refractivity contribution in [3.8, 4) is 45.3 Å². The van der Waals surface area contributed by atoms with E-state index in [-0.39, 0.29) is 0 Å². The predicted octanol–water partition coefficient (Wildman–Crippen LogP) is 10.7. The largest absolute Gasteiger partial charge is 0.456 e. The predicted molar refractivity (Wildman–Crippen MR) is 184 cm³/mol. The lowest BCUT2D eigenvalue weighted by Crippen LogP contribution is -2.01. The molecule has 0 spiro atoms. The third-order valence-electron chi connectivity index (χ3n) is 8.52. The van der Waals surface area contributed by atoms with Gasteiger partial charge >= 0.3 is 0 Å². The molecule has 4 nitrogen and oxygen atoms in total. The van der Waals surface area contributed by atoms with Crippen LogP contribution in [0.15, 0.2) is 156 Å². The van der Waals surface area contributed by atoms with Crippen LogP contribution in [-0.2, 0) is 0 Å². The van der Waals surface area contributed by atoms with E-state index in [1.807, 2.05) is 72.8 Å². The summed E-state index contributed by atoms with van der Waals surface area (Å²) in [6.45, 7) is 0. The van der Waals surface area contributed by atoms with Crippen molar-refractivity contribution >= 4 is 43.5 Å². The van der Waals surface area contributed by atoms with Crippen LogP contribution in [0.25, 0.3) is 88.8 Å². The molecule has 0 aliphatic rings. The van der Waals surface area contributed by atoms with Gasteiger partial charge in [0.25, 0.3) is 0 Å². The van der Waals surface area contributed by atoms with Gasteiger partial charge in [-0.15, -0.1) is 0 Å². The highest BCUT2D eigenvalue weighted by Crippen LogP contribution is 2.44. The van der Waals surface area contributed by atoms with Crippen LogP contribution in [0.4, 0.5) is 0 Å². The van der Waals surface area contributed by atoms with Gasteiger partial charge in [-0.1, -0.05) is 127 Å². The average molecular weight is 576 g/mol. The van der Waals surface area contributed by atoms with Gasteiger partial charge < -0.3 is 4.42 Å². The molecule has 0 atom stereocenters. The van der Waals surface area contributed by atoms with Crippen LogP contribution in [0.1, 0.15) is 0 Å². The highest BCUT2D eigenvalue weighted by molar-refractivity contribution is 6.29. The second-order valence-corrected chi connectivity index (χ2v) is 11.2. The van der Waals surface area contributed by atoms with Gasteiger partial charge in [-0.2, -0.15) is 0 Å². The molecule has 0 aliphatic carbocycles. The fraction of sp³-hybridized carbons (Fsp3) is 0. The van der Waals surface area contributed by atoms with Gasteiger partial charge in [0.05, 0.1) is 0 Å². The summed E-state index contributed by atoms with van der Waals surface area (Å²) >= 11 is 0. The topological polar surface area (TPSA) is 51.8 Å². The van der Waals surface area contributed by atoms with E-state index in [0.29, 0.717) is 17.5 Å². The zero-order valence-corrected chi connectivity index (χ0v) is 24.2. The van der Waals surface area contributed by atoms with E-state index in [4.69, 9.17) is 19.4 Å². The van der Waals surface area contributed by atoms with Crippen LogP contribution in [0.3, 0.4) is 0 Å². The van der Waals surface area contributed by atoms with Gasteiger partial charge in [-0.05, 0) is 51.6 Å². The summed E-state index contributed by atoms with van der Waals surface area (Å²) in [6.07, 6.45) is 0.